The topological polar surface area (TPSA) is 51.3 Å². The molecular formula is C14H19BFNO3. The molecule has 108 valence electrons. The first kappa shape index (κ1) is 15.0. The first-order valence-corrected chi connectivity index (χ1v) is 6.54. The lowest BCUT2D eigenvalue weighted by Gasteiger charge is -2.32. The van der Waals surface area contributed by atoms with Crippen molar-refractivity contribution in [1.29, 1.82) is 0 Å². The van der Waals surface area contributed by atoms with E-state index in [4.69, 9.17) is 9.31 Å². The van der Waals surface area contributed by atoms with Crippen LogP contribution in [0.15, 0.2) is 22.8 Å². The van der Waals surface area contributed by atoms with Crippen LogP contribution in [-0.4, -0.2) is 23.3 Å². The molecule has 6 heteroatoms. The normalized spacial score (nSPS) is 21.3. The number of aryl methyl sites for hydroxylation is 1. The van der Waals surface area contributed by atoms with Crippen LogP contribution in [0.25, 0.3) is 6.08 Å². The molecule has 4 nitrogen and oxygen atoms in total. The monoisotopic (exact) mass is 279 g/mol. The van der Waals surface area contributed by atoms with Crippen molar-refractivity contribution in [3.63, 3.8) is 0 Å². The number of H-pyrrole nitrogens is 1. The van der Waals surface area contributed by atoms with Crippen LogP contribution in [0.4, 0.5) is 4.39 Å². The lowest BCUT2D eigenvalue weighted by Crippen LogP contribution is -2.41. The molecule has 1 aromatic heterocycles. The van der Waals surface area contributed by atoms with Crippen molar-refractivity contribution in [2.24, 2.45) is 0 Å². The van der Waals surface area contributed by atoms with Gasteiger partial charge >= 0.3 is 7.12 Å². The summed E-state index contributed by atoms with van der Waals surface area (Å²) in [6.45, 7) is 9.13. The summed E-state index contributed by atoms with van der Waals surface area (Å²) in [5, 5.41) is 0. The SMILES string of the molecule is Cc1cc(C=C(F)B2OC(C)(C)C(C)(C)O2)c[nH]c1=O. The van der Waals surface area contributed by atoms with Crippen LogP contribution in [0.3, 0.4) is 0 Å². The van der Waals surface area contributed by atoms with Crippen LogP contribution in [0.2, 0.25) is 0 Å². The van der Waals surface area contributed by atoms with Crippen LogP contribution >= 0.6 is 0 Å². The molecule has 1 saturated heterocycles. The average Bonchev–Trinajstić information content (AvgIpc) is 2.53. The van der Waals surface area contributed by atoms with Crippen molar-refractivity contribution in [3.05, 3.63) is 39.5 Å². The molecule has 0 saturated carbocycles. The Bertz CT molecular complexity index is 591. The molecule has 1 fully saturated rings. The smallest absolute Gasteiger partial charge is 0.398 e. The van der Waals surface area contributed by atoms with Gasteiger partial charge in [-0.1, -0.05) is 0 Å². The lowest BCUT2D eigenvalue weighted by atomic mass is 9.87. The van der Waals surface area contributed by atoms with E-state index in [0.717, 1.165) is 0 Å². The maximum absolute atomic E-state index is 14.2. The second-order valence-corrected chi connectivity index (χ2v) is 6.06. The van der Waals surface area contributed by atoms with E-state index in [1.165, 1.54) is 12.3 Å². The van der Waals surface area contributed by atoms with Gasteiger partial charge < -0.3 is 14.3 Å². The fourth-order valence-electron chi connectivity index (χ4n) is 1.89. The average molecular weight is 279 g/mol. The third-order valence-corrected chi connectivity index (χ3v) is 3.89. The molecule has 2 rings (SSSR count). The fraction of sp³-hybridized carbons (Fsp3) is 0.500. The van der Waals surface area contributed by atoms with Crippen LogP contribution in [-0.2, 0) is 9.31 Å². The van der Waals surface area contributed by atoms with Gasteiger partial charge in [-0.25, -0.2) is 4.39 Å². The van der Waals surface area contributed by atoms with Crippen molar-refractivity contribution in [2.75, 3.05) is 0 Å². The molecule has 1 aliphatic heterocycles. The quantitative estimate of drug-likeness (QED) is 0.847. The third kappa shape index (κ3) is 2.71. The zero-order valence-electron chi connectivity index (χ0n) is 12.4. The van der Waals surface area contributed by atoms with E-state index in [0.29, 0.717) is 11.1 Å². The summed E-state index contributed by atoms with van der Waals surface area (Å²) < 4.78 is 25.5. The van der Waals surface area contributed by atoms with Gasteiger partial charge in [-0.15, -0.1) is 0 Å². The molecular weight excluding hydrogens is 260 g/mol. The number of aromatic amines is 1. The van der Waals surface area contributed by atoms with Gasteiger partial charge in [0.05, 0.1) is 11.2 Å². The molecule has 1 aliphatic rings. The maximum atomic E-state index is 14.2. The maximum Gasteiger partial charge on any atom is 0.525 e. The van der Waals surface area contributed by atoms with Gasteiger partial charge in [0.25, 0.3) is 5.56 Å². The molecule has 0 unspecified atom stereocenters. The first-order valence-electron chi connectivity index (χ1n) is 6.54. The first-order chi connectivity index (χ1) is 9.12. The third-order valence-electron chi connectivity index (χ3n) is 3.89. The van der Waals surface area contributed by atoms with Gasteiger partial charge in [0.2, 0.25) is 0 Å². The Balaban J connectivity index is 2.24. The minimum absolute atomic E-state index is 0.182. The summed E-state index contributed by atoms with van der Waals surface area (Å²) in [6.07, 6.45) is 2.77. The Morgan fingerprint density at radius 2 is 1.85 bits per heavy atom. The van der Waals surface area contributed by atoms with Gasteiger partial charge in [0.15, 0.2) is 0 Å². The van der Waals surface area contributed by atoms with Crippen molar-refractivity contribution in [3.8, 4) is 0 Å². The Morgan fingerprint density at radius 1 is 1.30 bits per heavy atom. The van der Waals surface area contributed by atoms with Gasteiger partial charge in [-0.05, 0) is 52.3 Å². The number of aromatic nitrogens is 1. The summed E-state index contributed by atoms with van der Waals surface area (Å²) >= 11 is 0. The molecule has 0 radical (unpaired) electrons. The number of hydrogen-bond acceptors (Lipinski definition) is 3. The van der Waals surface area contributed by atoms with E-state index >= 15 is 0 Å². The van der Waals surface area contributed by atoms with Crippen molar-refractivity contribution in [1.82, 2.24) is 4.98 Å². The molecule has 0 aromatic carbocycles. The number of hydrogen-bond donors (Lipinski definition) is 1. The molecule has 0 bridgehead atoms. The van der Waals surface area contributed by atoms with E-state index in [-0.39, 0.29) is 5.56 Å². The fourth-order valence-corrected chi connectivity index (χ4v) is 1.89. The molecule has 0 atom stereocenters. The summed E-state index contributed by atoms with van der Waals surface area (Å²) in [7, 11) is -1.02. The second-order valence-electron chi connectivity index (χ2n) is 6.06. The molecule has 0 spiro atoms. The molecule has 1 aromatic rings. The summed E-state index contributed by atoms with van der Waals surface area (Å²) in [5.74, 6) is 0. The van der Waals surface area contributed by atoms with E-state index in [1.54, 1.807) is 13.0 Å². The van der Waals surface area contributed by atoms with Gasteiger partial charge in [-0.3, -0.25) is 4.79 Å². The van der Waals surface area contributed by atoms with E-state index in [1.807, 2.05) is 27.7 Å². The number of rotatable bonds is 2. The summed E-state index contributed by atoms with van der Waals surface area (Å²) in [6, 6.07) is 1.61. The number of halogens is 1. The summed E-state index contributed by atoms with van der Waals surface area (Å²) in [5.41, 5.74) is -0.767. The largest absolute Gasteiger partial charge is 0.525 e. The Hall–Kier alpha value is -1.40. The molecule has 20 heavy (non-hydrogen) atoms. The van der Waals surface area contributed by atoms with Gasteiger partial charge in [0.1, 0.15) is 5.73 Å². The highest BCUT2D eigenvalue weighted by atomic mass is 19.1. The predicted octanol–water partition coefficient (Wildman–Crippen LogP) is 2.63. The van der Waals surface area contributed by atoms with Crippen LogP contribution in [0.5, 0.6) is 0 Å². The van der Waals surface area contributed by atoms with Gasteiger partial charge in [0, 0.05) is 11.8 Å². The standard InChI is InChI=1S/C14H19BFNO3/c1-9-6-10(8-17-12(9)18)7-11(16)15-19-13(2,3)14(4,5)20-15/h6-8H,1-5H3,(H,17,18). The number of nitrogens with one attached hydrogen (secondary N) is 1. The highest BCUT2D eigenvalue weighted by molar-refractivity contribution is 6.54. The van der Waals surface area contributed by atoms with E-state index in [2.05, 4.69) is 4.98 Å². The minimum Gasteiger partial charge on any atom is -0.398 e. The second kappa shape index (κ2) is 4.86. The summed E-state index contributed by atoms with van der Waals surface area (Å²) in [4.78, 5) is 13.8. The van der Waals surface area contributed by atoms with Crippen molar-refractivity contribution < 1.29 is 13.7 Å². The van der Waals surface area contributed by atoms with E-state index < -0.39 is 24.0 Å². The lowest BCUT2D eigenvalue weighted by molar-refractivity contribution is 0.00578. The van der Waals surface area contributed by atoms with Crippen LogP contribution in [0, 0.1) is 6.92 Å². The predicted molar refractivity (Wildman–Crippen MR) is 77.0 cm³/mol. The Morgan fingerprint density at radius 3 is 2.35 bits per heavy atom. The number of pyridine rings is 1. The Kier molecular flexibility index (Phi) is 3.65. The van der Waals surface area contributed by atoms with Crippen LogP contribution < -0.4 is 5.56 Å². The Labute approximate surface area is 118 Å². The van der Waals surface area contributed by atoms with Crippen LogP contribution in [0.1, 0.15) is 38.8 Å². The van der Waals surface area contributed by atoms with Crippen molar-refractivity contribution in [2.45, 2.75) is 45.8 Å². The molecule has 0 aliphatic carbocycles. The van der Waals surface area contributed by atoms with E-state index in [9.17, 15) is 9.18 Å². The molecule has 2 heterocycles. The molecule has 0 amide bonds. The zero-order valence-corrected chi connectivity index (χ0v) is 12.4. The highest BCUT2D eigenvalue weighted by Crippen LogP contribution is 2.38. The minimum atomic E-state index is -1.02. The molecule has 1 N–H and O–H groups in total. The highest BCUT2D eigenvalue weighted by Gasteiger charge is 2.53. The zero-order chi connectivity index (χ0) is 15.1. The van der Waals surface area contributed by atoms with Gasteiger partial charge in [-0.2, -0.15) is 0 Å². The van der Waals surface area contributed by atoms with Crippen molar-refractivity contribution >= 4 is 13.2 Å².